The van der Waals surface area contributed by atoms with Gasteiger partial charge in [-0.1, -0.05) is 0 Å². The van der Waals surface area contributed by atoms with E-state index in [2.05, 4.69) is 27.9 Å². The molecule has 0 heterocycles. The first-order valence-corrected chi connectivity index (χ1v) is 5.92. The monoisotopic (exact) mass is 320 g/mol. The van der Waals surface area contributed by atoms with Crippen LogP contribution >= 0.6 is 22.6 Å². The molecule has 15 heavy (non-hydrogen) atoms. The number of halogens is 1. The van der Waals surface area contributed by atoms with Gasteiger partial charge >= 0.3 is 0 Å². The van der Waals surface area contributed by atoms with Crippen LogP contribution in [0.25, 0.3) is 0 Å². The predicted octanol–water partition coefficient (Wildman–Crippen LogP) is 2.44. The molecule has 0 amide bonds. The Morgan fingerprint density at radius 1 is 1.47 bits per heavy atom. The van der Waals surface area contributed by atoms with Gasteiger partial charge in [-0.2, -0.15) is 0 Å². The smallest absolute Gasteiger partial charge is 0.0736 e. The van der Waals surface area contributed by atoms with Crippen molar-refractivity contribution in [2.75, 3.05) is 11.1 Å². The molecule has 1 aromatic rings. The number of nitrogen functional groups attached to an aromatic ring is 1. The molecule has 0 saturated carbocycles. The fourth-order valence-electron chi connectivity index (χ4n) is 1.08. The lowest BCUT2D eigenvalue weighted by molar-refractivity contribution is 0.133. The summed E-state index contributed by atoms with van der Waals surface area (Å²) in [5, 5.41) is 12.9. The van der Waals surface area contributed by atoms with Gasteiger partial charge in [-0.25, -0.2) is 0 Å². The van der Waals surface area contributed by atoms with E-state index in [0.717, 1.165) is 14.9 Å². The topological polar surface area (TPSA) is 58.3 Å². The van der Waals surface area contributed by atoms with Crippen molar-refractivity contribution >= 4 is 34.0 Å². The summed E-state index contributed by atoms with van der Waals surface area (Å²) >= 11 is 2.23. The molecule has 0 aliphatic rings. The van der Waals surface area contributed by atoms with E-state index in [1.165, 1.54) is 0 Å². The van der Waals surface area contributed by atoms with Crippen molar-refractivity contribution in [3.63, 3.8) is 0 Å². The van der Waals surface area contributed by atoms with Crippen LogP contribution in [0.15, 0.2) is 18.2 Å². The maximum atomic E-state index is 9.60. The molecule has 0 bridgehead atoms. The van der Waals surface area contributed by atoms with E-state index < -0.39 is 6.10 Å². The molecule has 4 N–H and O–H groups in total. The zero-order chi connectivity index (χ0) is 11.6. The van der Waals surface area contributed by atoms with Gasteiger partial charge in [0.25, 0.3) is 0 Å². The number of hydrogen-bond donors (Lipinski definition) is 3. The van der Waals surface area contributed by atoms with Crippen molar-refractivity contribution in [2.45, 2.75) is 32.4 Å². The van der Waals surface area contributed by atoms with Gasteiger partial charge in [0.05, 0.1) is 11.6 Å². The second-order valence-corrected chi connectivity index (χ2v) is 5.42. The fraction of sp³-hybridized carbons (Fsp3) is 0.455. The normalized spacial score (nSPS) is 13.7. The highest BCUT2D eigenvalue weighted by Gasteiger charge is 2.24. The number of aliphatic hydroxyl groups excluding tert-OH is 1. The molecule has 0 radical (unpaired) electrons. The Balaban J connectivity index is 2.90. The van der Waals surface area contributed by atoms with Gasteiger partial charge in [0, 0.05) is 14.9 Å². The molecule has 0 spiro atoms. The minimum Gasteiger partial charge on any atom is -0.399 e. The van der Waals surface area contributed by atoms with E-state index in [4.69, 9.17) is 5.73 Å². The Morgan fingerprint density at radius 2 is 2.07 bits per heavy atom. The molecular weight excluding hydrogens is 303 g/mol. The van der Waals surface area contributed by atoms with Crippen LogP contribution in [-0.2, 0) is 0 Å². The minimum absolute atomic E-state index is 0.351. The van der Waals surface area contributed by atoms with E-state index in [0.29, 0.717) is 0 Å². The number of nitrogens with one attached hydrogen (secondary N) is 1. The van der Waals surface area contributed by atoms with Crippen LogP contribution in [0.1, 0.15) is 20.8 Å². The number of aliphatic hydroxyl groups is 1. The molecule has 0 saturated heterocycles. The van der Waals surface area contributed by atoms with Crippen LogP contribution in [0.3, 0.4) is 0 Å². The minimum atomic E-state index is -0.425. The highest BCUT2D eigenvalue weighted by Crippen LogP contribution is 2.25. The van der Waals surface area contributed by atoms with Crippen LogP contribution in [0.2, 0.25) is 0 Å². The summed E-state index contributed by atoms with van der Waals surface area (Å²) in [5.74, 6) is 0. The van der Waals surface area contributed by atoms with Gasteiger partial charge in [0.2, 0.25) is 0 Å². The average molecular weight is 320 g/mol. The van der Waals surface area contributed by atoms with Crippen LogP contribution in [0, 0.1) is 3.57 Å². The fourth-order valence-corrected chi connectivity index (χ4v) is 1.76. The second kappa shape index (κ2) is 4.57. The molecular formula is C11H17IN2O. The third-order valence-corrected chi connectivity index (χ3v) is 3.39. The van der Waals surface area contributed by atoms with Crippen molar-refractivity contribution in [1.82, 2.24) is 0 Å². The van der Waals surface area contributed by atoms with E-state index in [9.17, 15) is 5.11 Å². The molecule has 1 atom stereocenters. The predicted molar refractivity (Wildman–Crippen MR) is 73.0 cm³/mol. The van der Waals surface area contributed by atoms with E-state index in [1.807, 2.05) is 32.0 Å². The molecule has 1 aromatic carbocycles. The molecule has 0 fully saturated rings. The molecule has 0 aromatic heterocycles. The summed E-state index contributed by atoms with van der Waals surface area (Å²) in [5.41, 5.74) is 7.06. The Morgan fingerprint density at radius 3 is 2.53 bits per heavy atom. The third-order valence-electron chi connectivity index (χ3n) is 2.49. The summed E-state index contributed by atoms with van der Waals surface area (Å²) in [4.78, 5) is 0. The molecule has 3 nitrogen and oxygen atoms in total. The number of anilines is 2. The zero-order valence-corrected chi connectivity index (χ0v) is 11.4. The number of rotatable bonds is 3. The van der Waals surface area contributed by atoms with Crippen molar-refractivity contribution in [3.8, 4) is 0 Å². The van der Waals surface area contributed by atoms with Crippen molar-refractivity contribution < 1.29 is 5.11 Å². The van der Waals surface area contributed by atoms with Crippen molar-refractivity contribution in [2.24, 2.45) is 0 Å². The van der Waals surface area contributed by atoms with Crippen LogP contribution in [-0.4, -0.2) is 16.7 Å². The van der Waals surface area contributed by atoms with E-state index >= 15 is 0 Å². The van der Waals surface area contributed by atoms with Crippen LogP contribution < -0.4 is 11.1 Å². The van der Waals surface area contributed by atoms with Gasteiger partial charge in [0.1, 0.15) is 0 Å². The second-order valence-electron chi connectivity index (χ2n) is 4.26. The quantitative estimate of drug-likeness (QED) is 0.592. The summed E-state index contributed by atoms with van der Waals surface area (Å²) in [6.45, 7) is 5.70. The first kappa shape index (κ1) is 12.6. The Bertz CT molecular complexity index is 350. The molecule has 1 rings (SSSR count). The lowest BCUT2D eigenvalue weighted by Crippen LogP contribution is -2.42. The third kappa shape index (κ3) is 3.24. The molecule has 1 unspecified atom stereocenters. The number of benzene rings is 1. The van der Waals surface area contributed by atoms with Crippen molar-refractivity contribution in [3.05, 3.63) is 21.8 Å². The maximum absolute atomic E-state index is 9.60. The first-order valence-electron chi connectivity index (χ1n) is 4.84. The van der Waals surface area contributed by atoms with E-state index in [-0.39, 0.29) is 5.54 Å². The largest absolute Gasteiger partial charge is 0.399 e. The summed E-state index contributed by atoms with van der Waals surface area (Å²) in [6, 6.07) is 5.69. The number of hydrogen-bond acceptors (Lipinski definition) is 3. The van der Waals surface area contributed by atoms with Crippen molar-refractivity contribution in [1.29, 1.82) is 0 Å². The summed E-state index contributed by atoms with van der Waals surface area (Å²) in [7, 11) is 0. The first-order chi connectivity index (χ1) is 6.83. The summed E-state index contributed by atoms with van der Waals surface area (Å²) < 4.78 is 1.06. The van der Waals surface area contributed by atoms with E-state index in [1.54, 1.807) is 6.92 Å². The zero-order valence-electron chi connectivity index (χ0n) is 9.21. The van der Waals surface area contributed by atoms with Crippen LogP contribution in [0.4, 0.5) is 11.4 Å². The highest BCUT2D eigenvalue weighted by atomic mass is 127. The molecule has 0 aliphatic carbocycles. The van der Waals surface area contributed by atoms with Gasteiger partial charge in [-0.3, -0.25) is 0 Å². The highest BCUT2D eigenvalue weighted by molar-refractivity contribution is 14.1. The summed E-state index contributed by atoms with van der Waals surface area (Å²) in [6.07, 6.45) is -0.425. The van der Waals surface area contributed by atoms with Gasteiger partial charge in [-0.05, 0) is 61.6 Å². The van der Waals surface area contributed by atoms with Gasteiger partial charge < -0.3 is 16.2 Å². The maximum Gasteiger partial charge on any atom is 0.0736 e. The van der Waals surface area contributed by atoms with Crippen LogP contribution in [0.5, 0.6) is 0 Å². The average Bonchev–Trinajstić information content (AvgIpc) is 2.09. The Hall–Kier alpha value is -0.490. The standard InChI is InChI=1S/C11H17IN2O/c1-7(15)11(2,3)14-10-5-4-8(13)6-9(10)12/h4-7,14-15H,13H2,1-3H3. The lowest BCUT2D eigenvalue weighted by Gasteiger charge is -2.31. The molecule has 0 aliphatic heterocycles. The Kier molecular flexibility index (Phi) is 3.83. The van der Waals surface area contributed by atoms with Gasteiger partial charge in [-0.15, -0.1) is 0 Å². The molecule has 84 valence electrons. The van der Waals surface area contributed by atoms with Gasteiger partial charge in [0.15, 0.2) is 0 Å². The number of nitrogens with two attached hydrogens (primary N) is 1. The molecule has 4 heteroatoms. The lowest BCUT2D eigenvalue weighted by atomic mass is 9.98. The SMILES string of the molecule is CC(O)C(C)(C)Nc1ccc(N)cc1I. The Labute approximate surface area is 104 Å².